The Morgan fingerprint density at radius 2 is 1.82 bits per heavy atom. The summed E-state index contributed by atoms with van der Waals surface area (Å²) >= 11 is 6.16. The lowest BCUT2D eigenvalue weighted by atomic mass is 9.81. The van der Waals surface area contributed by atoms with E-state index in [0.29, 0.717) is 17.5 Å². The molecule has 1 aromatic carbocycles. The second kappa shape index (κ2) is 6.39. The summed E-state index contributed by atoms with van der Waals surface area (Å²) in [5, 5.41) is 11.1. The standard InChI is InChI=1S/C14H22ClNO/c1-9(2)10(3)14(17)12(8-16)11-6-4-5-7-13(11)15/h4-7,9-10,12,14,17H,8,16H2,1-3H3. The molecule has 1 aromatic rings. The Hall–Kier alpha value is -0.570. The summed E-state index contributed by atoms with van der Waals surface area (Å²) in [6, 6.07) is 7.59. The molecule has 96 valence electrons. The van der Waals surface area contributed by atoms with Crippen molar-refractivity contribution in [1.82, 2.24) is 0 Å². The fourth-order valence-corrected chi connectivity index (χ4v) is 2.26. The van der Waals surface area contributed by atoms with Crippen molar-refractivity contribution in [3.05, 3.63) is 34.9 Å². The predicted molar refractivity (Wildman–Crippen MR) is 73.3 cm³/mol. The van der Waals surface area contributed by atoms with Crippen LogP contribution in [0.25, 0.3) is 0 Å². The number of benzene rings is 1. The van der Waals surface area contributed by atoms with E-state index in [1.54, 1.807) is 0 Å². The van der Waals surface area contributed by atoms with Gasteiger partial charge in [-0.2, -0.15) is 0 Å². The first-order valence-electron chi connectivity index (χ1n) is 6.11. The van der Waals surface area contributed by atoms with Crippen molar-refractivity contribution in [2.75, 3.05) is 6.54 Å². The van der Waals surface area contributed by atoms with Gasteiger partial charge in [0.1, 0.15) is 0 Å². The second-order valence-corrected chi connectivity index (χ2v) is 5.36. The van der Waals surface area contributed by atoms with E-state index in [0.717, 1.165) is 5.56 Å². The monoisotopic (exact) mass is 255 g/mol. The van der Waals surface area contributed by atoms with Crippen LogP contribution in [-0.2, 0) is 0 Å². The van der Waals surface area contributed by atoms with E-state index in [-0.39, 0.29) is 11.8 Å². The minimum absolute atomic E-state index is 0.0962. The molecule has 0 aromatic heterocycles. The van der Waals surface area contributed by atoms with Gasteiger partial charge in [-0.25, -0.2) is 0 Å². The molecule has 17 heavy (non-hydrogen) atoms. The third-order valence-electron chi connectivity index (χ3n) is 3.56. The van der Waals surface area contributed by atoms with E-state index < -0.39 is 6.10 Å². The Bertz CT molecular complexity index is 354. The van der Waals surface area contributed by atoms with Crippen molar-refractivity contribution in [2.45, 2.75) is 32.8 Å². The van der Waals surface area contributed by atoms with Gasteiger partial charge >= 0.3 is 0 Å². The van der Waals surface area contributed by atoms with E-state index in [2.05, 4.69) is 20.8 Å². The van der Waals surface area contributed by atoms with Crippen LogP contribution in [-0.4, -0.2) is 17.8 Å². The maximum atomic E-state index is 10.4. The highest BCUT2D eigenvalue weighted by atomic mass is 35.5. The molecule has 3 unspecified atom stereocenters. The van der Waals surface area contributed by atoms with Gasteiger partial charge in [0.05, 0.1) is 6.10 Å². The minimum atomic E-state index is -0.458. The summed E-state index contributed by atoms with van der Waals surface area (Å²) < 4.78 is 0. The molecule has 0 radical (unpaired) electrons. The molecule has 0 bridgehead atoms. The van der Waals surface area contributed by atoms with Crippen molar-refractivity contribution in [1.29, 1.82) is 0 Å². The highest BCUT2D eigenvalue weighted by Crippen LogP contribution is 2.31. The number of aliphatic hydroxyl groups excluding tert-OH is 1. The third-order valence-corrected chi connectivity index (χ3v) is 3.91. The second-order valence-electron chi connectivity index (χ2n) is 4.96. The van der Waals surface area contributed by atoms with Crippen LogP contribution in [0.15, 0.2) is 24.3 Å². The number of hydrogen-bond acceptors (Lipinski definition) is 2. The molecule has 3 N–H and O–H groups in total. The molecule has 0 fully saturated rings. The molecule has 0 spiro atoms. The number of hydrogen-bond donors (Lipinski definition) is 2. The Morgan fingerprint density at radius 3 is 2.29 bits per heavy atom. The molecule has 2 nitrogen and oxygen atoms in total. The van der Waals surface area contributed by atoms with Crippen LogP contribution in [0.5, 0.6) is 0 Å². The van der Waals surface area contributed by atoms with Crippen LogP contribution in [0.3, 0.4) is 0 Å². The van der Waals surface area contributed by atoms with Gasteiger partial charge in [0.25, 0.3) is 0 Å². The summed E-state index contributed by atoms with van der Waals surface area (Å²) in [6.07, 6.45) is -0.458. The highest BCUT2D eigenvalue weighted by Gasteiger charge is 2.28. The first kappa shape index (κ1) is 14.5. The molecule has 0 aliphatic heterocycles. The van der Waals surface area contributed by atoms with Crippen LogP contribution in [0.4, 0.5) is 0 Å². The van der Waals surface area contributed by atoms with Crippen molar-refractivity contribution in [2.24, 2.45) is 17.6 Å². The molecular formula is C14H22ClNO. The van der Waals surface area contributed by atoms with Crippen molar-refractivity contribution in [3.8, 4) is 0 Å². The van der Waals surface area contributed by atoms with Crippen molar-refractivity contribution >= 4 is 11.6 Å². The van der Waals surface area contributed by atoms with Gasteiger partial charge in [0.15, 0.2) is 0 Å². The smallest absolute Gasteiger partial charge is 0.0649 e. The van der Waals surface area contributed by atoms with Crippen LogP contribution < -0.4 is 5.73 Å². The van der Waals surface area contributed by atoms with Crippen molar-refractivity contribution in [3.63, 3.8) is 0 Å². The fourth-order valence-electron chi connectivity index (χ4n) is 1.99. The maximum Gasteiger partial charge on any atom is 0.0649 e. The number of rotatable bonds is 5. The molecular weight excluding hydrogens is 234 g/mol. The van der Waals surface area contributed by atoms with E-state index in [4.69, 9.17) is 17.3 Å². The molecule has 3 heteroatoms. The van der Waals surface area contributed by atoms with Crippen LogP contribution in [0.2, 0.25) is 5.02 Å². The van der Waals surface area contributed by atoms with Crippen LogP contribution in [0, 0.1) is 11.8 Å². The molecule has 0 aliphatic rings. The molecule has 0 amide bonds. The zero-order valence-corrected chi connectivity index (χ0v) is 11.5. The minimum Gasteiger partial charge on any atom is -0.392 e. The van der Waals surface area contributed by atoms with E-state index in [9.17, 15) is 5.11 Å². The van der Waals surface area contributed by atoms with Gasteiger partial charge in [-0.15, -0.1) is 0 Å². The zero-order valence-electron chi connectivity index (χ0n) is 10.7. The van der Waals surface area contributed by atoms with Gasteiger partial charge in [-0.3, -0.25) is 0 Å². The average Bonchev–Trinajstić information content (AvgIpc) is 2.31. The Morgan fingerprint density at radius 1 is 1.24 bits per heavy atom. The molecule has 0 saturated heterocycles. The van der Waals surface area contributed by atoms with Crippen LogP contribution in [0.1, 0.15) is 32.3 Å². The average molecular weight is 256 g/mol. The lowest BCUT2D eigenvalue weighted by molar-refractivity contribution is 0.0684. The highest BCUT2D eigenvalue weighted by molar-refractivity contribution is 6.31. The van der Waals surface area contributed by atoms with Crippen LogP contribution >= 0.6 is 11.6 Å². The summed E-state index contributed by atoms with van der Waals surface area (Å²) in [5.41, 5.74) is 6.74. The molecule has 1 rings (SSSR count). The number of aliphatic hydroxyl groups is 1. The Balaban J connectivity index is 2.96. The Labute approximate surface area is 109 Å². The number of nitrogens with two attached hydrogens (primary N) is 1. The first-order chi connectivity index (χ1) is 7.99. The summed E-state index contributed by atoms with van der Waals surface area (Å²) in [6.45, 7) is 6.67. The predicted octanol–water partition coefficient (Wildman–Crippen LogP) is 3.04. The van der Waals surface area contributed by atoms with Gasteiger partial charge in [0, 0.05) is 17.5 Å². The fraction of sp³-hybridized carbons (Fsp3) is 0.571. The largest absolute Gasteiger partial charge is 0.392 e. The lowest BCUT2D eigenvalue weighted by Gasteiger charge is -2.30. The Kier molecular flexibility index (Phi) is 5.44. The maximum absolute atomic E-state index is 10.4. The number of halogens is 1. The molecule has 0 heterocycles. The van der Waals surface area contributed by atoms with E-state index in [1.165, 1.54) is 0 Å². The topological polar surface area (TPSA) is 46.2 Å². The van der Waals surface area contributed by atoms with E-state index >= 15 is 0 Å². The van der Waals surface area contributed by atoms with Gasteiger partial charge < -0.3 is 10.8 Å². The summed E-state index contributed by atoms with van der Waals surface area (Å²) in [5.74, 6) is 0.516. The third kappa shape index (κ3) is 3.44. The summed E-state index contributed by atoms with van der Waals surface area (Å²) in [7, 11) is 0. The zero-order chi connectivity index (χ0) is 13.0. The van der Waals surface area contributed by atoms with Gasteiger partial charge in [-0.1, -0.05) is 50.6 Å². The van der Waals surface area contributed by atoms with Crippen molar-refractivity contribution < 1.29 is 5.11 Å². The molecule has 0 saturated carbocycles. The van der Waals surface area contributed by atoms with E-state index in [1.807, 2.05) is 24.3 Å². The SMILES string of the molecule is CC(C)C(C)C(O)C(CN)c1ccccc1Cl. The molecule has 0 aliphatic carbocycles. The summed E-state index contributed by atoms with van der Waals surface area (Å²) in [4.78, 5) is 0. The first-order valence-corrected chi connectivity index (χ1v) is 6.49. The lowest BCUT2D eigenvalue weighted by Crippen LogP contribution is -2.33. The van der Waals surface area contributed by atoms with Gasteiger partial charge in [0.2, 0.25) is 0 Å². The van der Waals surface area contributed by atoms with Gasteiger partial charge in [-0.05, 0) is 23.5 Å². The normalized spacial score (nSPS) is 16.9. The quantitative estimate of drug-likeness (QED) is 0.850. The molecule has 3 atom stereocenters.